The fourth-order valence-electron chi connectivity index (χ4n) is 4.10. The number of carbonyl (C=O) groups is 3. The molecule has 2 aliphatic carbocycles. The Morgan fingerprint density at radius 1 is 0.765 bits per heavy atom. The van der Waals surface area contributed by atoms with Crippen LogP contribution in [0.2, 0.25) is 0 Å². The average molecular weight is 466 g/mol. The molecule has 2 aliphatic rings. The minimum absolute atomic E-state index is 0.0164. The summed E-state index contributed by atoms with van der Waals surface area (Å²) in [4.78, 5) is 35.8. The van der Waals surface area contributed by atoms with Gasteiger partial charge in [0, 0.05) is 24.1 Å². The maximum atomic E-state index is 12.5. The highest BCUT2D eigenvalue weighted by molar-refractivity contribution is 5.96. The van der Waals surface area contributed by atoms with E-state index < -0.39 is 5.97 Å². The Kier molecular flexibility index (Phi) is 7.83. The lowest BCUT2D eigenvalue weighted by Gasteiger charge is -2.26. The smallest absolute Gasteiger partial charge is 0.306 e. The van der Waals surface area contributed by atoms with Crippen molar-refractivity contribution < 1.29 is 29.0 Å². The fourth-order valence-corrected chi connectivity index (χ4v) is 4.10. The summed E-state index contributed by atoms with van der Waals surface area (Å²) in [5, 5.41) is 11.9. The molecule has 0 spiro atoms. The molecular formula is C27H31NO6. The Balaban J connectivity index is 1.15. The highest BCUT2D eigenvalue weighted by atomic mass is 16.5. The zero-order valence-electron chi connectivity index (χ0n) is 19.2. The number of aliphatic carboxylic acids is 1. The maximum Gasteiger partial charge on any atom is 0.306 e. The van der Waals surface area contributed by atoms with Gasteiger partial charge in [-0.3, -0.25) is 14.4 Å². The van der Waals surface area contributed by atoms with Gasteiger partial charge < -0.3 is 19.9 Å². The Labute approximate surface area is 199 Å². The standard InChI is InChI=1S/C27H31NO6/c29-25(2-1-17-28-26(30)19-5-11-22(12-6-19)34-24-15-16-24)18-3-9-21(10-4-18)33-23-13-7-20(8-14-23)27(31)32/h3-6,9-12,20,23-24H,1-2,7-8,13-17H2,(H,28,30)(H,31,32). The predicted octanol–water partition coefficient (Wildman–Crippen LogP) is 4.64. The van der Waals surface area contributed by atoms with Crippen LogP contribution in [-0.4, -0.2) is 41.5 Å². The molecule has 7 nitrogen and oxygen atoms in total. The summed E-state index contributed by atoms with van der Waals surface area (Å²) in [6, 6.07) is 14.2. The Hall–Kier alpha value is -3.35. The Morgan fingerprint density at radius 2 is 1.26 bits per heavy atom. The number of carboxylic acid groups (broad SMARTS) is 1. The summed E-state index contributed by atoms with van der Waals surface area (Å²) in [6.45, 7) is 0.422. The van der Waals surface area contributed by atoms with Gasteiger partial charge in [-0.2, -0.15) is 0 Å². The second-order valence-electron chi connectivity index (χ2n) is 9.08. The van der Waals surface area contributed by atoms with Gasteiger partial charge in [-0.1, -0.05) is 0 Å². The van der Waals surface area contributed by atoms with Gasteiger partial charge in [0.1, 0.15) is 11.5 Å². The zero-order valence-corrected chi connectivity index (χ0v) is 19.2. The minimum Gasteiger partial charge on any atom is -0.490 e. The van der Waals surface area contributed by atoms with Gasteiger partial charge in [-0.25, -0.2) is 0 Å². The summed E-state index contributed by atoms with van der Waals surface area (Å²) in [5.41, 5.74) is 1.18. The van der Waals surface area contributed by atoms with E-state index in [0.29, 0.717) is 55.2 Å². The Morgan fingerprint density at radius 3 is 1.76 bits per heavy atom. The number of carboxylic acids is 1. The number of rotatable bonds is 11. The molecule has 2 N–H and O–H groups in total. The lowest BCUT2D eigenvalue weighted by Crippen LogP contribution is -2.27. The molecule has 1 amide bonds. The van der Waals surface area contributed by atoms with Crippen molar-refractivity contribution in [1.29, 1.82) is 0 Å². The van der Waals surface area contributed by atoms with Crippen molar-refractivity contribution in [2.24, 2.45) is 5.92 Å². The van der Waals surface area contributed by atoms with Crippen LogP contribution < -0.4 is 14.8 Å². The Bertz CT molecular complexity index is 989. The molecule has 180 valence electrons. The van der Waals surface area contributed by atoms with Gasteiger partial charge >= 0.3 is 5.97 Å². The van der Waals surface area contributed by atoms with E-state index in [4.69, 9.17) is 14.6 Å². The van der Waals surface area contributed by atoms with Gasteiger partial charge in [-0.15, -0.1) is 0 Å². The molecule has 0 atom stereocenters. The van der Waals surface area contributed by atoms with Crippen LogP contribution in [0, 0.1) is 5.92 Å². The fraction of sp³-hybridized carbons (Fsp3) is 0.444. The van der Waals surface area contributed by atoms with Crippen LogP contribution >= 0.6 is 0 Å². The number of ether oxygens (including phenoxy) is 2. The number of hydrogen-bond donors (Lipinski definition) is 2. The molecule has 2 aromatic rings. The van der Waals surface area contributed by atoms with E-state index in [0.717, 1.165) is 31.4 Å². The molecule has 0 saturated heterocycles. The van der Waals surface area contributed by atoms with Gasteiger partial charge in [0.05, 0.1) is 18.1 Å². The number of hydrogen-bond acceptors (Lipinski definition) is 5. The molecule has 4 rings (SSSR count). The minimum atomic E-state index is -0.728. The molecule has 2 aromatic carbocycles. The van der Waals surface area contributed by atoms with Crippen molar-refractivity contribution in [2.75, 3.05) is 6.54 Å². The van der Waals surface area contributed by atoms with E-state index in [2.05, 4.69) is 5.32 Å². The summed E-state index contributed by atoms with van der Waals surface area (Å²) in [7, 11) is 0. The van der Waals surface area contributed by atoms with Crippen LogP contribution in [-0.2, 0) is 4.79 Å². The van der Waals surface area contributed by atoms with E-state index >= 15 is 0 Å². The van der Waals surface area contributed by atoms with Crippen LogP contribution in [0.5, 0.6) is 11.5 Å². The van der Waals surface area contributed by atoms with E-state index in [1.54, 1.807) is 36.4 Å². The first-order chi connectivity index (χ1) is 16.5. The summed E-state index contributed by atoms with van der Waals surface area (Å²) < 4.78 is 11.6. The number of nitrogens with one attached hydrogen (secondary N) is 1. The van der Waals surface area contributed by atoms with E-state index in [9.17, 15) is 14.4 Å². The molecule has 0 unspecified atom stereocenters. The monoisotopic (exact) mass is 465 g/mol. The normalized spacial score (nSPS) is 19.8. The average Bonchev–Trinajstić information content (AvgIpc) is 3.67. The van der Waals surface area contributed by atoms with E-state index in [1.807, 2.05) is 12.1 Å². The van der Waals surface area contributed by atoms with Crippen molar-refractivity contribution in [1.82, 2.24) is 5.32 Å². The lowest BCUT2D eigenvalue weighted by atomic mass is 9.87. The van der Waals surface area contributed by atoms with E-state index in [-0.39, 0.29) is 23.7 Å². The van der Waals surface area contributed by atoms with Gasteiger partial charge in [-0.05, 0) is 93.5 Å². The third-order valence-corrected chi connectivity index (χ3v) is 6.31. The van der Waals surface area contributed by atoms with Crippen molar-refractivity contribution in [3.05, 3.63) is 59.7 Å². The molecule has 0 heterocycles. The largest absolute Gasteiger partial charge is 0.490 e. The van der Waals surface area contributed by atoms with Gasteiger partial charge in [0.2, 0.25) is 0 Å². The molecule has 0 radical (unpaired) electrons. The van der Waals surface area contributed by atoms with Crippen LogP contribution in [0.15, 0.2) is 48.5 Å². The molecule has 0 aliphatic heterocycles. The van der Waals surface area contributed by atoms with Gasteiger partial charge in [0.25, 0.3) is 5.91 Å². The van der Waals surface area contributed by atoms with Crippen LogP contribution in [0.1, 0.15) is 72.1 Å². The molecule has 0 bridgehead atoms. The van der Waals surface area contributed by atoms with Crippen LogP contribution in [0.25, 0.3) is 0 Å². The lowest BCUT2D eigenvalue weighted by molar-refractivity contribution is -0.143. The topological polar surface area (TPSA) is 102 Å². The molecule has 2 fully saturated rings. The quantitative estimate of drug-likeness (QED) is 0.370. The number of ketones is 1. The second kappa shape index (κ2) is 11.2. The zero-order chi connectivity index (χ0) is 23.9. The SMILES string of the molecule is O=C(CCCNC(=O)c1ccc(OC2CC2)cc1)c1ccc(OC2CCC(C(=O)O)CC2)cc1. The molecule has 2 saturated carbocycles. The first-order valence-corrected chi connectivity index (χ1v) is 12.1. The molecule has 0 aromatic heterocycles. The molecule has 34 heavy (non-hydrogen) atoms. The van der Waals surface area contributed by atoms with Crippen molar-refractivity contribution in [3.63, 3.8) is 0 Å². The summed E-state index contributed by atoms with van der Waals surface area (Å²) >= 11 is 0. The molecule has 7 heteroatoms. The highest BCUT2D eigenvalue weighted by Crippen LogP contribution is 2.28. The summed E-state index contributed by atoms with van der Waals surface area (Å²) in [5.74, 6) is 0.335. The third-order valence-electron chi connectivity index (χ3n) is 6.31. The first-order valence-electron chi connectivity index (χ1n) is 12.1. The van der Waals surface area contributed by atoms with Crippen molar-refractivity contribution in [3.8, 4) is 11.5 Å². The maximum absolute atomic E-state index is 12.5. The first kappa shape index (κ1) is 23.8. The van der Waals surface area contributed by atoms with Crippen molar-refractivity contribution >= 4 is 17.7 Å². The number of amides is 1. The second-order valence-corrected chi connectivity index (χ2v) is 9.08. The third kappa shape index (κ3) is 6.83. The highest BCUT2D eigenvalue weighted by Gasteiger charge is 2.27. The van der Waals surface area contributed by atoms with Gasteiger partial charge in [0.15, 0.2) is 5.78 Å². The van der Waals surface area contributed by atoms with Crippen LogP contribution in [0.4, 0.5) is 0 Å². The molecular weight excluding hydrogens is 434 g/mol. The van der Waals surface area contributed by atoms with Crippen molar-refractivity contribution in [2.45, 2.75) is 63.6 Å². The number of benzene rings is 2. The number of carbonyl (C=O) groups excluding carboxylic acids is 2. The number of Topliss-reactive ketones (excluding diaryl/α,β-unsaturated/α-hetero) is 1. The van der Waals surface area contributed by atoms with Crippen LogP contribution in [0.3, 0.4) is 0 Å². The predicted molar refractivity (Wildman–Crippen MR) is 126 cm³/mol. The summed E-state index contributed by atoms with van der Waals surface area (Å²) in [6.07, 6.45) is 6.14. The van der Waals surface area contributed by atoms with E-state index in [1.165, 1.54) is 0 Å².